The lowest BCUT2D eigenvalue weighted by Crippen LogP contribution is -2.17. The molecule has 112 valence electrons. The first-order chi connectivity index (χ1) is 9.18. The molecule has 1 fully saturated rings. The molecule has 0 radical (unpaired) electrons. The van der Waals surface area contributed by atoms with Gasteiger partial charge in [0.25, 0.3) is 0 Å². The average molecular weight is 291 g/mol. The maximum atomic E-state index is 2.46. The van der Waals surface area contributed by atoms with Crippen molar-refractivity contribution in [1.82, 2.24) is 0 Å². The molecule has 1 aliphatic rings. The van der Waals surface area contributed by atoms with Crippen molar-refractivity contribution in [2.45, 2.75) is 88.2 Å². The smallest absolute Gasteiger partial charge is 0.0112 e. The van der Waals surface area contributed by atoms with E-state index < -0.39 is 0 Å². The topological polar surface area (TPSA) is 0 Å². The van der Waals surface area contributed by atoms with Gasteiger partial charge in [-0.3, -0.25) is 0 Å². The lowest BCUT2D eigenvalue weighted by molar-refractivity contribution is 0.559. The van der Waals surface area contributed by atoms with E-state index in [9.17, 15) is 0 Å². The third-order valence-corrected chi connectivity index (χ3v) is 5.66. The highest BCUT2D eigenvalue weighted by molar-refractivity contribution is 8.00. The lowest BCUT2D eigenvalue weighted by Gasteiger charge is -2.28. The molecule has 0 unspecified atom stereocenters. The summed E-state index contributed by atoms with van der Waals surface area (Å²) in [7, 11) is 0. The molecule has 1 heteroatoms. The first kappa shape index (κ1) is 15.9. The van der Waals surface area contributed by atoms with Gasteiger partial charge in [-0.1, -0.05) is 66.5 Å². The molecule has 1 saturated carbocycles. The Balaban J connectivity index is 2.35. The van der Waals surface area contributed by atoms with E-state index >= 15 is 0 Å². The van der Waals surface area contributed by atoms with Gasteiger partial charge in [-0.2, -0.15) is 0 Å². The summed E-state index contributed by atoms with van der Waals surface area (Å²) < 4.78 is 0. The summed E-state index contributed by atoms with van der Waals surface area (Å²) in [6.45, 7) is 13.9. The molecule has 0 spiro atoms. The van der Waals surface area contributed by atoms with Crippen molar-refractivity contribution in [3.8, 4) is 0 Å². The standard InChI is InChI=1S/C19H30S/c1-18(2,3)14-11-12-17(16(13-14)19(4,5)6)20-15-9-7-8-10-15/h11-13,15H,7-10H2,1-6H3. The highest BCUT2D eigenvalue weighted by atomic mass is 32.2. The van der Waals surface area contributed by atoms with E-state index in [-0.39, 0.29) is 10.8 Å². The van der Waals surface area contributed by atoms with Crippen molar-refractivity contribution >= 4 is 11.8 Å². The SMILES string of the molecule is CC(C)(C)c1ccc(SC2CCCC2)c(C(C)(C)C)c1. The molecule has 0 aliphatic heterocycles. The maximum absolute atomic E-state index is 2.46. The van der Waals surface area contributed by atoms with Crippen LogP contribution in [0, 0.1) is 0 Å². The van der Waals surface area contributed by atoms with E-state index in [1.54, 1.807) is 0 Å². The predicted octanol–water partition coefficient (Wildman–Crippen LogP) is 6.32. The normalized spacial score (nSPS) is 17.7. The van der Waals surface area contributed by atoms with Gasteiger partial charge in [0.1, 0.15) is 0 Å². The van der Waals surface area contributed by atoms with Crippen LogP contribution in [-0.2, 0) is 10.8 Å². The quantitative estimate of drug-likeness (QED) is 0.614. The van der Waals surface area contributed by atoms with Crippen LogP contribution in [-0.4, -0.2) is 5.25 Å². The summed E-state index contributed by atoms with van der Waals surface area (Å²) in [4.78, 5) is 1.51. The summed E-state index contributed by atoms with van der Waals surface area (Å²) in [6.07, 6.45) is 5.63. The Morgan fingerprint density at radius 3 is 2.00 bits per heavy atom. The van der Waals surface area contributed by atoms with Crippen LogP contribution in [0.25, 0.3) is 0 Å². The maximum Gasteiger partial charge on any atom is 0.0112 e. The Morgan fingerprint density at radius 1 is 0.900 bits per heavy atom. The second kappa shape index (κ2) is 5.75. The Labute approximate surface area is 129 Å². The Bertz CT molecular complexity index is 454. The van der Waals surface area contributed by atoms with E-state index in [4.69, 9.17) is 0 Å². The van der Waals surface area contributed by atoms with Crippen molar-refractivity contribution in [3.63, 3.8) is 0 Å². The number of hydrogen-bond donors (Lipinski definition) is 0. The summed E-state index contributed by atoms with van der Waals surface area (Å²) in [5.41, 5.74) is 3.44. The fourth-order valence-electron chi connectivity index (χ4n) is 2.87. The van der Waals surface area contributed by atoms with Gasteiger partial charge in [-0.25, -0.2) is 0 Å². The van der Waals surface area contributed by atoms with Gasteiger partial charge in [0.2, 0.25) is 0 Å². The molecule has 2 rings (SSSR count). The van der Waals surface area contributed by atoms with Crippen molar-refractivity contribution in [2.24, 2.45) is 0 Å². The summed E-state index contributed by atoms with van der Waals surface area (Å²) in [5.74, 6) is 0. The first-order valence-electron chi connectivity index (χ1n) is 7.99. The Kier molecular flexibility index (Phi) is 4.59. The lowest BCUT2D eigenvalue weighted by atomic mass is 9.81. The van der Waals surface area contributed by atoms with Crippen LogP contribution >= 0.6 is 11.8 Å². The molecule has 1 aromatic carbocycles. The zero-order chi connectivity index (χ0) is 15.0. The molecular formula is C19H30S. The molecule has 1 aromatic rings. The molecule has 0 amide bonds. The molecule has 0 saturated heterocycles. The van der Waals surface area contributed by atoms with Crippen LogP contribution in [0.1, 0.15) is 78.4 Å². The molecular weight excluding hydrogens is 260 g/mol. The summed E-state index contributed by atoms with van der Waals surface area (Å²) in [6, 6.07) is 7.17. The van der Waals surface area contributed by atoms with Crippen molar-refractivity contribution in [1.29, 1.82) is 0 Å². The molecule has 20 heavy (non-hydrogen) atoms. The van der Waals surface area contributed by atoms with Crippen molar-refractivity contribution in [3.05, 3.63) is 29.3 Å². The third-order valence-electron chi connectivity index (χ3n) is 4.25. The van der Waals surface area contributed by atoms with E-state index in [0.717, 1.165) is 5.25 Å². The average Bonchev–Trinajstić information content (AvgIpc) is 2.79. The zero-order valence-corrected chi connectivity index (χ0v) is 14.9. The van der Waals surface area contributed by atoms with Crippen LogP contribution in [0.4, 0.5) is 0 Å². The van der Waals surface area contributed by atoms with Gasteiger partial charge < -0.3 is 0 Å². The minimum atomic E-state index is 0.224. The van der Waals surface area contributed by atoms with Crippen molar-refractivity contribution in [2.75, 3.05) is 0 Å². The van der Waals surface area contributed by atoms with E-state index in [1.165, 1.54) is 41.7 Å². The number of rotatable bonds is 2. The molecule has 0 bridgehead atoms. The Hall–Kier alpha value is -0.430. The van der Waals surface area contributed by atoms with Gasteiger partial charge in [-0.05, 0) is 40.9 Å². The largest absolute Gasteiger partial charge is 0.122 e. The zero-order valence-electron chi connectivity index (χ0n) is 14.0. The van der Waals surface area contributed by atoms with E-state index in [1.807, 2.05) is 0 Å². The highest BCUT2D eigenvalue weighted by Gasteiger charge is 2.24. The molecule has 0 heterocycles. The van der Waals surface area contributed by atoms with Crippen LogP contribution in [0.15, 0.2) is 23.1 Å². The summed E-state index contributed by atoms with van der Waals surface area (Å²) in [5, 5.41) is 0.844. The van der Waals surface area contributed by atoms with Gasteiger partial charge >= 0.3 is 0 Å². The molecule has 0 nitrogen and oxygen atoms in total. The van der Waals surface area contributed by atoms with Gasteiger partial charge in [-0.15, -0.1) is 11.8 Å². The van der Waals surface area contributed by atoms with Crippen LogP contribution < -0.4 is 0 Å². The van der Waals surface area contributed by atoms with E-state index in [2.05, 4.69) is 71.5 Å². The number of hydrogen-bond acceptors (Lipinski definition) is 1. The summed E-state index contributed by atoms with van der Waals surface area (Å²) >= 11 is 2.12. The minimum Gasteiger partial charge on any atom is -0.122 e. The molecule has 0 atom stereocenters. The first-order valence-corrected chi connectivity index (χ1v) is 8.87. The molecule has 0 N–H and O–H groups in total. The monoisotopic (exact) mass is 290 g/mol. The van der Waals surface area contributed by atoms with Crippen LogP contribution in [0.2, 0.25) is 0 Å². The molecule has 0 aromatic heterocycles. The van der Waals surface area contributed by atoms with Gasteiger partial charge in [0, 0.05) is 10.1 Å². The predicted molar refractivity (Wildman–Crippen MR) is 92.0 cm³/mol. The van der Waals surface area contributed by atoms with Crippen molar-refractivity contribution < 1.29 is 0 Å². The fourth-order valence-corrected chi connectivity index (χ4v) is 4.44. The van der Waals surface area contributed by atoms with Gasteiger partial charge in [0.05, 0.1) is 0 Å². The minimum absolute atomic E-state index is 0.224. The third kappa shape index (κ3) is 3.81. The second-order valence-corrected chi connectivity index (χ2v) is 9.58. The van der Waals surface area contributed by atoms with E-state index in [0.29, 0.717) is 0 Å². The molecule has 1 aliphatic carbocycles. The van der Waals surface area contributed by atoms with Crippen LogP contribution in [0.5, 0.6) is 0 Å². The van der Waals surface area contributed by atoms with Crippen LogP contribution in [0.3, 0.4) is 0 Å². The Morgan fingerprint density at radius 2 is 1.50 bits per heavy atom. The fraction of sp³-hybridized carbons (Fsp3) is 0.684. The second-order valence-electron chi connectivity index (χ2n) is 8.24. The highest BCUT2D eigenvalue weighted by Crippen LogP contribution is 2.41. The number of thioether (sulfide) groups is 1. The number of benzene rings is 1. The van der Waals surface area contributed by atoms with Gasteiger partial charge in [0.15, 0.2) is 0 Å².